The van der Waals surface area contributed by atoms with E-state index in [-0.39, 0.29) is 5.78 Å². The Morgan fingerprint density at radius 2 is 1.73 bits per heavy atom. The predicted molar refractivity (Wildman–Crippen MR) is 71.5 cm³/mol. The van der Waals surface area contributed by atoms with Crippen LogP contribution in [0, 0.1) is 0 Å². The highest BCUT2D eigenvalue weighted by atomic mass is 79.9. The van der Waals surface area contributed by atoms with Gasteiger partial charge in [-0.25, -0.2) is 0 Å². The number of benzene rings is 1. The Morgan fingerprint density at radius 3 is 2.13 bits per heavy atom. The summed E-state index contributed by atoms with van der Waals surface area (Å²) in [7, 11) is 0. The van der Waals surface area contributed by atoms with Crippen molar-refractivity contribution in [1.82, 2.24) is 0 Å². The minimum absolute atomic E-state index is 0.186. The molecule has 0 atom stereocenters. The summed E-state index contributed by atoms with van der Waals surface area (Å²) in [6.07, 6.45) is 0.566. The number of rotatable bonds is 2. The molecule has 0 spiro atoms. The normalized spacial score (nSPS) is 7.87. The molecular weight excluding hydrogens is 252 g/mol. The van der Waals surface area contributed by atoms with Gasteiger partial charge in [0.15, 0.2) is 5.78 Å². The van der Waals surface area contributed by atoms with E-state index in [1.165, 1.54) is 0 Å². The van der Waals surface area contributed by atoms with Crippen LogP contribution in [0.2, 0.25) is 0 Å². The minimum Gasteiger partial charge on any atom is -0.294 e. The lowest BCUT2D eigenvalue weighted by Gasteiger charge is -1.96. The van der Waals surface area contributed by atoms with E-state index < -0.39 is 0 Å². The minimum atomic E-state index is 0.186. The predicted octanol–water partition coefficient (Wildman–Crippen LogP) is 5.09. The Morgan fingerprint density at radius 1 is 1.20 bits per heavy atom. The van der Waals surface area contributed by atoms with Gasteiger partial charge in [0.05, 0.1) is 0 Å². The van der Waals surface area contributed by atoms with Crippen molar-refractivity contribution in [2.24, 2.45) is 0 Å². The van der Waals surface area contributed by atoms with Gasteiger partial charge in [-0.3, -0.25) is 4.79 Å². The highest BCUT2D eigenvalue weighted by molar-refractivity contribution is 9.10. The Hall–Kier alpha value is -0.630. The third kappa shape index (κ3) is 7.32. The number of carbonyl (C=O) groups is 1. The monoisotopic (exact) mass is 272 g/mol. The second kappa shape index (κ2) is 11.4. The van der Waals surface area contributed by atoms with Crippen molar-refractivity contribution in [2.75, 3.05) is 0 Å². The van der Waals surface area contributed by atoms with E-state index in [9.17, 15) is 4.79 Å². The van der Waals surface area contributed by atoms with Crippen LogP contribution >= 0.6 is 15.9 Å². The zero-order valence-electron chi connectivity index (χ0n) is 10.3. The summed E-state index contributed by atoms with van der Waals surface area (Å²) in [6.45, 7) is 9.86. The van der Waals surface area contributed by atoms with Crippen LogP contribution in [0.3, 0.4) is 0 Å². The molecule has 1 aromatic carbocycles. The van der Waals surface area contributed by atoms with Crippen LogP contribution in [0.4, 0.5) is 0 Å². The molecule has 0 aliphatic carbocycles. The highest BCUT2D eigenvalue weighted by Gasteiger charge is 2.01. The molecule has 0 aromatic heterocycles. The van der Waals surface area contributed by atoms with Gasteiger partial charge in [0.2, 0.25) is 0 Å². The van der Waals surface area contributed by atoms with E-state index in [1.54, 1.807) is 0 Å². The zero-order chi connectivity index (χ0) is 12.3. The fourth-order valence-corrected chi connectivity index (χ4v) is 1.27. The third-order valence-electron chi connectivity index (χ3n) is 1.47. The maximum Gasteiger partial charge on any atom is 0.162 e. The standard InChI is InChI=1S/C9H9BrO.2C2H6/c1-2-9(11)7-4-3-5-8(10)6-7;2*1-2/h3-6H,2H2,1H3;2*1-2H3. The number of halogens is 1. The van der Waals surface area contributed by atoms with E-state index in [0.29, 0.717) is 6.42 Å². The highest BCUT2D eigenvalue weighted by Crippen LogP contribution is 2.12. The Bertz CT molecular complexity index is 269. The maximum atomic E-state index is 11.1. The van der Waals surface area contributed by atoms with Crippen molar-refractivity contribution in [1.29, 1.82) is 0 Å². The summed E-state index contributed by atoms with van der Waals surface area (Å²) in [6, 6.07) is 7.45. The molecule has 0 unspecified atom stereocenters. The molecule has 2 heteroatoms. The molecule has 1 nitrogen and oxygen atoms in total. The van der Waals surface area contributed by atoms with Gasteiger partial charge in [-0.1, -0.05) is 62.7 Å². The van der Waals surface area contributed by atoms with Gasteiger partial charge >= 0.3 is 0 Å². The van der Waals surface area contributed by atoms with Gasteiger partial charge in [-0.15, -0.1) is 0 Å². The van der Waals surface area contributed by atoms with Crippen molar-refractivity contribution in [3.63, 3.8) is 0 Å². The van der Waals surface area contributed by atoms with E-state index in [0.717, 1.165) is 10.0 Å². The molecule has 0 saturated carbocycles. The molecule has 0 heterocycles. The first-order valence-corrected chi connectivity index (χ1v) is 6.32. The van der Waals surface area contributed by atoms with Gasteiger partial charge in [-0.2, -0.15) is 0 Å². The molecular formula is C13H21BrO. The lowest BCUT2D eigenvalue weighted by Crippen LogP contribution is -1.94. The van der Waals surface area contributed by atoms with Gasteiger partial charge in [0.25, 0.3) is 0 Å². The molecule has 0 radical (unpaired) electrons. The van der Waals surface area contributed by atoms with E-state index in [1.807, 2.05) is 58.9 Å². The summed E-state index contributed by atoms with van der Waals surface area (Å²) in [4.78, 5) is 11.1. The van der Waals surface area contributed by atoms with Crippen LogP contribution in [0.25, 0.3) is 0 Å². The van der Waals surface area contributed by atoms with Crippen LogP contribution in [0.5, 0.6) is 0 Å². The zero-order valence-corrected chi connectivity index (χ0v) is 11.9. The first kappa shape index (κ1) is 16.8. The van der Waals surface area contributed by atoms with E-state index >= 15 is 0 Å². The number of hydrogen-bond donors (Lipinski definition) is 0. The number of Topliss-reactive ketones (excluding diaryl/α,β-unsaturated/α-hetero) is 1. The molecule has 0 aliphatic rings. The molecule has 0 aliphatic heterocycles. The van der Waals surface area contributed by atoms with Crippen LogP contribution in [-0.2, 0) is 0 Å². The van der Waals surface area contributed by atoms with Gasteiger partial charge in [0, 0.05) is 16.5 Å². The Kier molecular flexibility index (Phi) is 12.8. The van der Waals surface area contributed by atoms with Crippen LogP contribution in [-0.4, -0.2) is 5.78 Å². The average molecular weight is 273 g/mol. The van der Waals surface area contributed by atoms with Crippen LogP contribution in [0.15, 0.2) is 28.7 Å². The summed E-state index contributed by atoms with van der Waals surface area (Å²) in [5, 5.41) is 0. The molecule has 0 N–H and O–H groups in total. The summed E-state index contributed by atoms with van der Waals surface area (Å²) >= 11 is 3.31. The molecule has 0 amide bonds. The van der Waals surface area contributed by atoms with Crippen molar-refractivity contribution in [2.45, 2.75) is 41.0 Å². The molecule has 15 heavy (non-hydrogen) atoms. The second-order valence-corrected chi connectivity index (χ2v) is 3.20. The topological polar surface area (TPSA) is 17.1 Å². The summed E-state index contributed by atoms with van der Waals surface area (Å²) in [5.41, 5.74) is 0.780. The van der Waals surface area contributed by atoms with Gasteiger partial charge < -0.3 is 0 Å². The number of hydrogen-bond acceptors (Lipinski definition) is 1. The molecule has 86 valence electrons. The van der Waals surface area contributed by atoms with E-state index in [2.05, 4.69) is 15.9 Å². The summed E-state index contributed by atoms with van der Waals surface area (Å²) < 4.78 is 0.955. The quantitative estimate of drug-likeness (QED) is 0.685. The maximum absolute atomic E-state index is 11.1. The van der Waals surface area contributed by atoms with Gasteiger partial charge in [0.1, 0.15) is 0 Å². The fraction of sp³-hybridized carbons (Fsp3) is 0.462. The lowest BCUT2D eigenvalue weighted by atomic mass is 10.1. The largest absolute Gasteiger partial charge is 0.294 e. The van der Waals surface area contributed by atoms with Crippen LogP contribution in [0.1, 0.15) is 51.4 Å². The fourth-order valence-electron chi connectivity index (χ4n) is 0.866. The molecule has 0 bridgehead atoms. The van der Waals surface area contributed by atoms with E-state index in [4.69, 9.17) is 0 Å². The Balaban J connectivity index is 0. The molecule has 1 aromatic rings. The van der Waals surface area contributed by atoms with Crippen molar-refractivity contribution in [3.8, 4) is 0 Å². The lowest BCUT2D eigenvalue weighted by molar-refractivity contribution is 0.0988. The first-order chi connectivity index (χ1) is 7.24. The molecule has 0 saturated heterocycles. The Labute approximate surface area is 102 Å². The summed E-state index contributed by atoms with van der Waals surface area (Å²) in [5.74, 6) is 0.186. The molecule has 1 rings (SSSR count). The number of ketones is 1. The van der Waals surface area contributed by atoms with Gasteiger partial charge in [-0.05, 0) is 12.1 Å². The van der Waals surface area contributed by atoms with Crippen molar-refractivity contribution >= 4 is 21.7 Å². The smallest absolute Gasteiger partial charge is 0.162 e. The number of carbonyl (C=O) groups excluding carboxylic acids is 1. The first-order valence-electron chi connectivity index (χ1n) is 5.53. The van der Waals surface area contributed by atoms with Crippen molar-refractivity contribution < 1.29 is 4.79 Å². The average Bonchev–Trinajstić information content (AvgIpc) is 2.33. The second-order valence-electron chi connectivity index (χ2n) is 2.29. The SMILES string of the molecule is CC.CC.CCC(=O)c1cccc(Br)c1. The molecule has 0 fully saturated rings. The van der Waals surface area contributed by atoms with Crippen LogP contribution < -0.4 is 0 Å². The van der Waals surface area contributed by atoms with Crippen molar-refractivity contribution in [3.05, 3.63) is 34.3 Å². The third-order valence-corrected chi connectivity index (χ3v) is 1.96.